The number of carbonyl (C=O) groups is 1. The number of hydrogen-bond donors (Lipinski definition) is 0. The SMILES string of the molecule is O=C(c1cn(CCCc2ccccc2)nn1)N1CCC[C@@H](c2ccccc2)CC1. The third-order valence-electron chi connectivity index (χ3n) is 5.74. The molecule has 0 bridgehead atoms. The summed E-state index contributed by atoms with van der Waals surface area (Å²) in [5.41, 5.74) is 3.16. The standard InChI is InChI=1S/C24H28N4O/c29-24(27-16-8-14-22(15-18-27)21-12-5-2-6-13-21)23-19-28(26-25-23)17-7-11-20-9-3-1-4-10-20/h1-6,9-10,12-13,19,22H,7-8,11,14-18H2/t22-/m1/s1. The minimum atomic E-state index is 0.00743. The summed E-state index contributed by atoms with van der Waals surface area (Å²) in [6.45, 7) is 2.34. The predicted molar refractivity (Wildman–Crippen MR) is 114 cm³/mol. The second-order valence-electron chi connectivity index (χ2n) is 7.79. The lowest BCUT2D eigenvalue weighted by molar-refractivity contribution is 0.0755. The molecule has 2 heterocycles. The van der Waals surface area contributed by atoms with Gasteiger partial charge in [0.05, 0.1) is 6.20 Å². The average Bonchev–Trinajstić information content (AvgIpc) is 3.10. The molecule has 0 N–H and O–H groups in total. The Labute approximate surface area is 172 Å². The molecule has 1 aliphatic heterocycles. The normalized spacial score (nSPS) is 17.1. The van der Waals surface area contributed by atoms with Crippen molar-refractivity contribution in [1.29, 1.82) is 0 Å². The van der Waals surface area contributed by atoms with Gasteiger partial charge in [-0.05, 0) is 49.1 Å². The van der Waals surface area contributed by atoms with Crippen molar-refractivity contribution in [3.8, 4) is 0 Å². The molecule has 0 aliphatic carbocycles. The Hall–Kier alpha value is -2.95. The van der Waals surface area contributed by atoms with E-state index in [0.29, 0.717) is 11.6 Å². The Morgan fingerprint density at radius 1 is 0.966 bits per heavy atom. The summed E-state index contributed by atoms with van der Waals surface area (Å²) in [4.78, 5) is 14.9. The van der Waals surface area contributed by atoms with E-state index in [1.165, 1.54) is 11.1 Å². The molecular weight excluding hydrogens is 360 g/mol. The molecule has 150 valence electrons. The summed E-state index contributed by atoms with van der Waals surface area (Å²) < 4.78 is 1.79. The minimum absolute atomic E-state index is 0.00743. The van der Waals surface area contributed by atoms with Crippen LogP contribution in [0, 0.1) is 0 Å². The fourth-order valence-electron chi connectivity index (χ4n) is 4.12. The molecule has 1 amide bonds. The Kier molecular flexibility index (Phi) is 6.35. The molecular formula is C24H28N4O. The lowest BCUT2D eigenvalue weighted by Gasteiger charge is -2.19. The number of benzene rings is 2. The van der Waals surface area contributed by atoms with Crippen molar-refractivity contribution in [2.45, 2.75) is 44.6 Å². The van der Waals surface area contributed by atoms with Gasteiger partial charge in [-0.15, -0.1) is 5.10 Å². The number of hydrogen-bond acceptors (Lipinski definition) is 3. The summed E-state index contributed by atoms with van der Waals surface area (Å²) >= 11 is 0. The van der Waals surface area contributed by atoms with Crippen LogP contribution in [0.2, 0.25) is 0 Å². The molecule has 1 saturated heterocycles. The van der Waals surface area contributed by atoms with E-state index in [4.69, 9.17) is 0 Å². The summed E-state index contributed by atoms with van der Waals surface area (Å²) in [6.07, 6.45) is 6.92. The Morgan fingerprint density at radius 3 is 2.52 bits per heavy atom. The Morgan fingerprint density at radius 2 is 1.72 bits per heavy atom. The van der Waals surface area contributed by atoms with Crippen LogP contribution >= 0.6 is 0 Å². The first-order valence-corrected chi connectivity index (χ1v) is 10.6. The third kappa shape index (κ3) is 5.11. The molecule has 0 saturated carbocycles. The van der Waals surface area contributed by atoms with Gasteiger partial charge in [0.1, 0.15) is 0 Å². The van der Waals surface area contributed by atoms with Crippen LogP contribution < -0.4 is 0 Å². The molecule has 1 fully saturated rings. The van der Waals surface area contributed by atoms with Gasteiger partial charge in [-0.1, -0.05) is 65.9 Å². The van der Waals surface area contributed by atoms with Gasteiger partial charge in [0.15, 0.2) is 5.69 Å². The molecule has 1 aromatic heterocycles. The van der Waals surface area contributed by atoms with Crippen molar-refractivity contribution >= 4 is 5.91 Å². The first kappa shape index (κ1) is 19.4. The van der Waals surface area contributed by atoms with Crippen LogP contribution in [-0.2, 0) is 13.0 Å². The maximum absolute atomic E-state index is 12.9. The molecule has 3 aromatic rings. The van der Waals surface area contributed by atoms with Gasteiger partial charge >= 0.3 is 0 Å². The largest absolute Gasteiger partial charge is 0.337 e. The van der Waals surface area contributed by atoms with Crippen molar-refractivity contribution in [3.63, 3.8) is 0 Å². The first-order chi connectivity index (χ1) is 14.3. The number of aryl methyl sites for hydroxylation is 2. The second-order valence-corrected chi connectivity index (χ2v) is 7.79. The summed E-state index contributed by atoms with van der Waals surface area (Å²) in [6, 6.07) is 21.1. The summed E-state index contributed by atoms with van der Waals surface area (Å²) in [7, 11) is 0. The van der Waals surface area contributed by atoms with Crippen molar-refractivity contribution in [3.05, 3.63) is 83.7 Å². The fraction of sp³-hybridized carbons (Fsp3) is 0.375. The maximum Gasteiger partial charge on any atom is 0.276 e. The van der Waals surface area contributed by atoms with E-state index < -0.39 is 0 Å². The fourth-order valence-corrected chi connectivity index (χ4v) is 4.12. The zero-order valence-electron chi connectivity index (χ0n) is 16.8. The zero-order valence-corrected chi connectivity index (χ0v) is 16.8. The van der Waals surface area contributed by atoms with Gasteiger partial charge in [0, 0.05) is 19.6 Å². The number of amides is 1. The molecule has 0 spiro atoms. The molecule has 5 nitrogen and oxygen atoms in total. The molecule has 2 aromatic carbocycles. The number of likely N-dealkylation sites (tertiary alicyclic amines) is 1. The third-order valence-corrected chi connectivity index (χ3v) is 5.74. The number of rotatable bonds is 6. The quantitative estimate of drug-likeness (QED) is 0.632. The van der Waals surface area contributed by atoms with Gasteiger partial charge in [-0.2, -0.15) is 0 Å². The van der Waals surface area contributed by atoms with Crippen molar-refractivity contribution in [2.24, 2.45) is 0 Å². The van der Waals surface area contributed by atoms with Crippen LogP contribution in [-0.4, -0.2) is 38.9 Å². The highest BCUT2D eigenvalue weighted by atomic mass is 16.2. The van der Waals surface area contributed by atoms with Gasteiger partial charge < -0.3 is 4.90 Å². The van der Waals surface area contributed by atoms with Crippen LogP contribution in [0.15, 0.2) is 66.9 Å². The number of carbonyl (C=O) groups excluding carboxylic acids is 1. The number of aromatic nitrogens is 3. The van der Waals surface area contributed by atoms with Crippen molar-refractivity contribution in [1.82, 2.24) is 19.9 Å². The molecule has 4 rings (SSSR count). The monoisotopic (exact) mass is 388 g/mol. The zero-order chi connectivity index (χ0) is 19.9. The van der Waals surface area contributed by atoms with Crippen LogP contribution in [0.1, 0.15) is 53.2 Å². The highest BCUT2D eigenvalue weighted by molar-refractivity contribution is 5.91. The first-order valence-electron chi connectivity index (χ1n) is 10.6. The van der Waals surface area contributed by atoms with Crippen molar-refractivity contribution in [2.75, 3.05) is 13.1 Å². The van der Waals surface area contributed by atoms with E-state index in [1.54, 1.807) is 10.9 Å². The second kappa shape index (κ2) is 9.50. The van der Waals surface area contributed by atoms with E-state index >= 15 is 0 Å². The van der Waals surface area contributed by atoms with Crippen molar-refractivity contribution < 1.29 is 4.79 Å². The molecule has 0 radical (unpaired) electrons. The van der Waals surface area contributed by atoms with Gasteiger partial charge in [-0.25, -0.2) is 0 Å². The van der Waals surface area contributed by atoms with E-state index in [1.807, 2.05) is 11.0 Å². The molecule has 1 atom stereocenters. The Bertz CT molecular complexity index is 907. The molecule has 1 aliphatic rings. The minimum Gasteiger partial charge on any atom is -0.337 e. The molecule has 29 heavy (non-hydrogen) atoms. The average molecular weight is 389 g/mol. The topological polar surface area (TPSA) is 51.0 Å². The van der Waals surface area contributed by atoms with Crippen LogP contribution in [0.25, 0.3) is 0 Å². The lowest BCUT2D eigenvalue weighted by Crippen LogP contribution is -2.32. The molecule has 0 unspecified atom stereocenters. The number of nitrogens with zero attached hydrogens (tertiary/aromatic N) is 4. The lowest BCUT2D eigenvalue weighted by atomic mass is 9.92. The summed E-state index contributed by atoms with van der Waals surface area (Å²) in [5, 5.41) is 8.31. The summed E-state index contributed by atoms with van der Waals surface area (Å²) in [5.74, 6) is 0.538. The Balaban J connectivity index is 1.30. The maximum atomic E-state index is 12.9. The predicted octanol–water partition coefficient (Wildman–Crippen LogP) is 4.32. The molecule has 5 heteroatoms. The van der Waals surface area contributed by atoms with E-state index in [2.05, 4.69) is 64.9 Å². The van der Waals surface area contributed by atoms with Gasteiger partial charge in [0.2, 0.25) is 0 Å². The van der Waals surface area contributed by atoms with Gasteiger partial charge in [-0.3, -0.25) is 9.48 Å². The smallest absolute Gasteiger partial charge is 0.276 e. The van der Waals surface area contributed by atoms with E-state index in [9.17, 15) is 4.79 Å². The highest BCUT2D eigenvalue weighted by Crippen LogP contribution is 2.28. The highest BCUT2D eigenvalue weighted by Gasteiger charge is 2.24. The van der Waals surface area contributed by atoms with E-state index in [0.717, 1.165) is 51.7 Å². The van der Waals surface area contributed by atoms with Crippen LogP contribution in [0.3, 0.4) is 0 Å². The van der Waals surface area contributed by atoms with Crippen LogP contribution in [0.5, 0.6) is 0 Å². The van der Waals surface area contributed by atoms with Crippen LogP contribution in [0.4, 0.5) is 0 Å². The van der Waals surface area contributed by atoms with E-state index in [-0.39, 0.29) is 5.91 Å². The van der Waals surface area contributed by atoms with Gasteiger partial charge in [0.25, 0.3) is 5.91 Å².